The van der Waals surface area contributed by atoms with Gasteiger partial charge in [0, 0.05) is 22.6 Å². The highest BCUT2D eigenvalue weighted by Gasteiger charge is 2.25. The number of carbonyl (C=O) groups excluding carboxylic acids is 3. The third-order valence-corrected chi connectivity index (χ3v) is 5.85. The first-order valence-electron chi connectivity index (χ1n) is 9.64. The number of nitrogens with zero attached hydrogens (tertiary/aromatic N) is 1. The number of ether oxygens (including phenoxy) is 1. The smallest absolute Gasteiger partial charge is 0.312 e. The average molecular weight is 435 g/mol. The first kappa shape index (κ1) is 20.8. The standard InChI is InChI=1S/C24H18FNO4S/c25-18-9-5-16(6-10-18)24(29)17-7-11-19(12-8-17)30-23(28)13-14-26-20-3-1-2-4-21(20)31-15-22(26)27/h1-12H,13-15H2. The number of ketones is 1. The van der Waals surface area contributed by atoms with Crippen molar-refractivity contribution >= 4 is 35.1 Å². The van der Waals surface area contributed by atoms with Crippen LogP contribution in [0.2, 0.25) is 0 Å². The van der Waals surface area contributed by atoms with Gasteiger partial charge >= 0.3 is 5.97 Å². The van der Waals surface area contributed by atoms with E-state index in [1.165, 1.54) is 48.2 Å². The molecular weight excluding hydrogens is 417 g/mol. The molecule has 0 atom stereocenters. The molecule has 0 fully saturated rings. The van der Waals surface area contributed by atoms with Crippen molar-refractivity contribution < 1.29 is 23.5 Å². The van der Waals surface area contributed by atoms with Gasteiger partial charge in [0.15, 0.2) is 5.78 Å². The Labute approximate surface area is 182 Å². The summed E-state index contributed by atoms with van der Waals surface area (Å²) >= 11 is 1.49. The van der Waals surface area contributed by atoms with Crippen molar-refractivity contribution in [3.05, 3.63) is 89.7 Å². The van der Waals surface area contributed by atoms with Gasteiger partial charge < -0.3 is 9.64 Å². The van der Waals surface area contributed by atoms with Gasteiger partial charge in [0.1, 0.15) is 11.6 Å². The molecule has 0 radical (unpaired) electrons. The third-order valence-electron chi connectivity index (χ3n) is 4.80. The molecule has 0 saturated heterocycles. The van der Waals surface area contributed by atoms with Gasteiger partial charge in [-0.1, -0.05) is 12.1 Å². The second-order valence-corrected chi connectivity index (χ2v) is 7.90. The Kier molecular flexibility index (Phi) is 6.13. The van der Waals surface area contributed by atoms with Crippen LogP contribution in [-0.4, -0.2) is 30.0 Å². The average Bonchev–Trinajstić information content (AvgIpc) is 2.79. The molecule has 156 valence electrons. The maximum absolute atomic E-state index is 13.0. The van der Waals surface area contributed by atoms with E-state index in [-0.39, 0.29) is 24.7 Å². The first-order chi connectivity index (χ1) is 15.0. The van der Waals surface area contributed by atoms with Gasteiger partial charge in [0.2, 0.25) is 5.91 Å². The van der Waals surface area contributed by atoms with E-state index in [2.05, 4.69) is 0 Å². The van der Waals surface area contributed by atoms with Gasteiger partial charge in [0.25, 0.3) is 0 Å². The van der Waals surface area contributed by atoms with Crippen LogP contribution in [0.1, 0.15) is 22.3 Å². The van der Waals surface area contributed by atoms with Gasteiger partial charge in [0.05, 0.1) is 17.9 Å². The molecule has 5 nitrogen and oxygen atoms in total. The molecule has 1 heterocycles. The lowest BCUT2D eigenvalue weighted by Gasteiger charge is -2.28. The fraction of sp³-hybridized carbons (Fsp3) is 0.125. The number of anilines is 1. The number of amides is 1. The molecule has 3 aromatic rings. The Hall–Kier alpha value is -3.45. The van der Waals surface area contributed by atoms with E-state index < -0.39 is 11.8 Å². The third kappa shape index (κ3) is 4.83. The number of benzene rings is 3. The molecule has 4 rings (SSSR count). The highest BCUT2D eigenvalue weighted by atomic mass is 32.2. The fourth-order valence-corrected chi connectivity index (χ4v) is 4.16. The molecule has 1 amide bonds. The highest BCUT2D eigenvalue weighted by Crippen LogP contribution is 2.34. The molecule has 3 aromatic carbocycles. The zero-order valence-electron chi connectivity index (χ0n) is 16.4. The van der Waals surface area contributed by atoms with Crippen LogP contribution in [-0.2, 0) is 9.59 Å². The summed E-state index contributed by atoms with van der Waals surface area (Å²) in [5.41, 5.74) is 1.58. The van der Waals surface area contributed by atoms with Crippen LogP contribution >= 0.6 is 11.8 Å². The van der Waals surface area contributed by atoms with Crippen LogP contribution in [0.15, 0.2) is 77.7 Å². The SMILES string of the molecule is O=C(CCN1C(=O)CSc2ccccc21)Oc1ccc(C(=O)c2ccc(F)cc2)cc1. The molecule has 0 bridgehead atoms. The second-order valence-electron chi connectivity index (χ2n) is 6.89. The predicted molar refractivity (Wildman–Crippen MR) is 116 cm³/mol. The number of thioether (sulfide) groups is 1. The Morgan fingerprint density at radius 1 is 0.935 bits per heavy atom. The van der Waals surface area contributed by atoms with Gasteiger partial charge in [-0.25, -0.2) is 4.39 Å². The van der Waals surface area contributed by atoms with Crippen molar-refractivity contribution in [3.63, 3.8) is 0 Å². The van der Waals surface area contributed by atoms with Crippen LogP contribution in [0.4, 0.5) is 10.1 Å². The maximum atomic E-state index is 13.0. The summed E-state index contributed by atoms with van der Waals surface area (Å²) in [5.74, 6) is -0.525. The van der Waals surface area contributed by atoms with E-state index in [1.54, 1.807) is 17.0 Å². The topological polar surface area (TPSA) is 63.7 Å². The van der Waals surface area contributed by atoms with E-state index in [0.717, 1.165) is 10.6 Å². The zero-order chi connectivity index (χ0) is 21.8. The number of rotatable bonds is 6. The quantitative estimate of drug-likeness (QED) is 0.324. The number of fused-ring (bicyclic) bond motifs is 1. The minimum Gasteiger partial charge on any atom is -0.426 e. The van der Waals surface area contributed by atoms with Crippen molar-refractivity contribution in [1.82, 2.24) is 0 Å². The van der Waals surface area contributed by atoms with Crippen molar-refractivity contribution in [3.8, 4) is 5.75 Å². The van der Waals surface area contributed by atoms with E-state index in [4.69, 9.17) is 4.74 Å². The van der Waals surface area contributed by atoms with Crippen LogP contribution in [0.25, 0.3) is 0 Å². The Balaban J connectivity index is 1.35. The molecule has 1 aliphatic rings. The molecule has 0 spiro atoms. The summed E-state index contributed by atoms with van der Waals surface area (Å²) in [6.45, 7) is 0.233. The van der Waals surface area contributed by atoms with Crippen LogP contribution in [0.3, 0.4) is 0 Å². The normalized spacial score (nSPS) is 12.9. The number of hydrogen-bond acceptors (Lipinski definition) is 5. The van der Waals surface area contributed by atoms with E-state index in [0.29, 0.717) is 22.6 Å². The van der Waals surface area contributed by atoms with Gasteiger partial charge in [-0.05, 0) is 60.7 Å². The molecule has 0 saturated carbocycles. The largest absolute Gasteiger partial charge is 0.426 e. The Morgan fingerprint density at radius 3 is 2.29 bits per heavy atom. The molecule has 0 aromatic heterocycles. The minimum absolute atomic E-state index is 0.0415. The van der Waals surface area contributed by atoms with Crippen molar-refractivity contribution in [2.45, 2.75) is 11.3 Å². The van der Waals surface area contributed by atoms with Gasteiger partial charge in [-0.2, -0.15) is 0 Å². The summed E-state index contributed by atoms with van der Waals surface area (Å²) < 4.78 is 18.4. The Bertz CT molecular complexity index is 1130. The maximum Gasteiger partial charge on any atom is 0.312 e. The van der Waals surface area contributed by atoms with Crippen LogP contribution in [0.5, 0.6) is 5.75 Å². The summed E-state index contributed by atoms with van der Waals surface area (Å²) in [4.78, 5) is 39.6. The lowest BCUT2D eigenvalue weighted by atomic mass is 10.0. The molecule has 1 aliphatic heterocycles. The number of carbonyl (C=O) groups is 3. The lowest BCUT2D eigenvalue weighted by molar-refractivity contribution is -0.134. The van der Waals surface area contributed by atoms with Crippen molar-refractivity contribution in [1.29, 1.82) is 0 Å². The monoisotopic (exact) mass is 435 g/mol. The van der Waals surface area contributed by atoms with E-state index >= 15 is 0 Å². The lowest BCUT2D eigenvalue weighted by Crippen LogP contribution is -2.37. The van der Waals surface area contributed by atoms with Gasteiger partial charge in [-0.15, -0.1) is 11.8 Å². The summed E-state index contributed by atoms with van der Waals surface area (Å²) in [6.07, 6.45) is 0.0427. The molecule has 0 unspecified atom stereocenters. The number of halogens is 1. The predicted octanol–water partition coefficient (Wildman–Crippen LogP) is 4.49. The number of hydrogen-bond donors (Lipinski definition) is 0. The summed E-state index contributed by atoms with van der Waals surface area (Å²) in [6, 6.07) is 19.1. The fourth-order valence-electron chi connectivity index (χ4n) is 3.23. The molecule has 31 heavy (non-hydrogen) atoms. The molecule has 0 aliphatic carbocycles. The summed E-state index contributed by atoms with van der Waals surface area (Å²) in [7, 11) is 0. The molecule has 0 N–H and O–H groups in total. The molecule has 7 heteroatoms. The van der Waals surface area contributed by atoms with Crippen molar-refractivity contribution in [2.24, 2.45) is 0 Å². The van der Waals surface area contributed by atoms with Gasteiger partial charge in [-0.3, -0.25) is 14.4 Å². The van der Waals surface area contributed by atoms with Crippen LogP contribution in [0, 0.1) is 5.82 Å². The zero-order valence-corrected chi connectivity index (χ0v) is 17.2. The highest BCUT2D eigenvalue weighted by molar-refractivity contribution is 8.00. The molecular formula is C24H18FNO4S. The first-order valence-corrected chi connectivity index (χ1v) is 10.6. The second kappa shape index (κ2) is 9.14. The minimum atomic E-state index is -0.471. The van der Waals surface area contributed by atoms with E-state index in [9.17, 15) is 18.8 Å². The van der Waals surface area contributed by atoms with Crippen LogP contribution < -0.4 is 9.64 Å². The number of para-hydroxylation sites is 1. The van der Waals surface area contributed by atoms with Crippen molar-refractivity contribution in [2.75, 3.05) is 17.2 Å². The Morgan fingerprint density at radius 2 is 1.58 bits per heavy atom. The number of esters is 1. The summed E-state index contributed by atoms with van der Waals surface area (Å²) in [5, 5.41) is 0. The van der Waals surface area contributed by atoms with E-state index in [1.807, 2.05) is 24.3 Å².